The van der Waals surface area contributed by atoms with E-state index in [0.717, 1.165) is 34.1 Å². The lowest BCUT2D eigenvalue weighted by Gasteiger charge is -2.38. The standard InChI is InChI=1S/C32H34O3/c1-4-19-33-26-15-17-28-30(21-26)35-31-22-27(34-20-5-2)16-18-29(31)32(28,3)25-13-11-24(12-14-25)23-9-7-6-8-10-23/h4-5,11-18,21-23H,1-2,6-10,19-20H2,3H3. The van der Waals surface area contributed by atoms with Crippen LogP contribution in [0.25, 0.3) is 0 Å². The molecule has 180 valence electrons. The zero-order chi connectivity index (χ0) is 24.3. The van der Waals surface area contributed by atoms with Crippen molar-refractivity contribution >= 4 is 0 Å². The molecule has 2 aliphatic rings. The van der Waals surface area contributed by atoms with E-state index in [4.69, 9.17) is 14.2 Å². The van der Waals surface area contributed by atoms with E-state index >= 15 is 0 Å². The third-order valence-corrected chi connectivity index (χ3v) is 7.50. The van der Waals surface area contributed by atoms with Crippen molar-refractivity contribution in [3.63, 3.8) is 0 Å². The Morgan fingerprint density at radius 3 is 1.86 bits per heavy atom. The molecule has 0 atom stereocenters. The van der Waals surface area contributed by atoms with E-state index in [0.29, 0.717) is 19.1 Å². The molecule has 1 aliphatic heterocycles. The molecule has 3 nitrogen and oxygen atoms in total. The summed E-state index contributed by atoms with van der Waals surface area (Å²) in [6.45, 7) is 10.7. The smallest absolute Gasteiger partial charge is 0.135 e. The van der Waals surface area contributed by atoms with Gasteiger partial charge in [0.25, 0.3) is 0 Å². The second kappa shape index (κ2) is 10.0. The van der Waals surface area contributed by atoms with Gasteiger partial charge in [-0.1, -0.05) is 81.0 Å². The van der Waals surface area contributed by atoms with Gasteiger partial charge in [0, 0.05) is 28.7 Å². The third kappa shape index (κ3) is 4.48. The normalized spacial score (nSPS) is 16.4. The van der Waals surface area contributed by atoms with Crippen molar-refractivity contribution in [2.45, 2.75) is 50.4 Å². The van der Waals surface area contributed by atoms with Crippen LogP contribution in [0.15, 0.2) is 86.0 Å². The summed E-state index contributed by atoms with van der Waals surface area (Å²) < 4.78 is 18.1. The molecule has 0 spiro atoms. The van der Waals surface area contributed by atoms with E-state index in [2.05, 4.69) is 56.5 Å². The van der Waals surface area contributed by atoms with Crippen molar-refractivity contribution in [1.29, 1.82) is 0 Å². The Hall–Kier alpha value is -3.46. The minimum absolute atomic E-state index is 0.373. The number of fused-ring (bicyclic) bond motifs is 2. The summed E-state index contributed by atoms with van der Waals surface area (Å²) in [5.41, 5.74) is 4.60. The SMILES string of the molecule is C=CCOc1ccc2c(c1)Oc1cc(OCC=C)ccc1C2(C)c1ccc(C2CCCCC2)cc1. The Balaban J connectivity index is 1.58. The van der Waals surface area contributed by atoms with E-state index < -0.39 is 0 Å². The molecule has 3 heteroatoms. The molecule has 0 saturated heterocycles. The lowest BCUT2D eigenvalue weighted by molar-refractivity contribution is 0.352. The van der Waals surface area contributed by atoms with Crippen LogP contribution in [0.2, 0.25) is 0 Å². The van der Waals surface area contributed by atoms with Crippen LogP contribution in [0.5, 0.6) is 23.0 Å². The lowest BCUT2D eigenvalue weighted by atomic mass is 9.69. The first kappa shape index (κ1) is 23.3. The monoisotopic (exact) mass is 466 g/mol. The van der Waals surface area contributed by atoms with Crippen molar-refractivity contribution < 1.29 is 14.2 Å². The highest BCUT2D eigenvalue weighted by atomic mass is 16.5. The van der Waals surface area contributed by atoms with Gasteiger partial charge in [0.15, 0.2) is 0 Å². The molecule has 35 heavy (non-hydrogen) atoms. The summed E-state index contributed by atoms with van der Waals surface area (Å²) in [5, 5.41) is 0. The summed E-state index contributed by atoms with van der Waals surface area (Å²) in [6.07, 6.45) is 10.2. The van der Waals surface area contributed by atoms with E-state index in [9.17, 15) is 0 Å². The summed E-state index contributed by atoms with van der Waals surface area (Å²) in [7, 11) is 0. The molecule has 1 saturated carbocycles. The first-order valence-corrected chi connectivity index (χ1v) is 12.7. The predicted molar refractivity (Wildman–Crippen MR) is 142 cm³/mol. The van der Waals surface area contributed by atoms with E-state index in [1.54, 1.807) is 12.2 Å². The van der Waals surface area contributed by atoms with Gasteiger partial charge in [-0.05, 0) is 48.9 Å². The van der Waals surface area contributed by atoms with E-state index in [-0.39, 0.29) is 5.41 Å². The van der Waals surface area contributed by atoms with Crippen molar-refractivity contribution in [3.05, 3.63) is 108 Å². The van der Waals surface area contributed by atoms with Gasteiger partial charge in [-0.3, -0.25) is 0 Å². The molecule has 3 aromatic carbocycles. The number of hydrogen-bond acceptors (Lipinski definition) is 3. The van der Waals surface area contributed by atoms with Crippen LogP contribution in [0, 0.1) is 0 Å². The molecule has 1 heterocycles. The van der Waals surface area contributed by atoms with Gasteiger partial charge < -0.3 is 14.2 Å². The molecule has 0 N–H and O–H groups in total. The topological polar surface area (TPSA) is 27.7 Å². The second-order valence-corrected chi connectivity index (χ2v) is 9.70. The number of hydrogen-bond donors (Lipinski definition) is 0. The zero-order valence-corrected chi connectivity index (χ0v) is 20.6. The zero-order valence-electron chi connectivity index (χ0n) is 20.6. The van der Waals surface area contributed by atoms with Crippen LogP contribution in [0.4, 0.5) is 0 Å². The minimum atomic E-state index is -0.373. The average Bonchev–Trinajstić information content (AvgIpc) is 2.91. The fourth-order valence-corrected chi connectivity index (χ4v) is 5.59. The summed E-state index contributed by atoms with van der Waals surface area (Å²) in [6, 6.07) is 21.6. The maximum Gasteiger partial charge on any atom is 0.135 e. The van der Waals surface area contributed by atoms with Crippen LogP contribution in [0.3, 0.4) is 0 Å². The van der Waals surface area contributed by atoms with Gasteiger partial charge in [-0.25, -0.2) is 0 Å². The van der Waals surface area contributed by atoms with Crippen LogP contribution < -0.4 is 14.2 Å². The van der Waals surface area contributed by atoms with Crippen molar-refractivity contribution in [2.75, 3.05) is 13.2 Å². The molecular weight excluding hydrogens is 432 g/mol. The van der Waals surface area contributed by atoms with Gasteiger partial charge in [0.1, 0.15) is 36.2 Å². The molecule has 0 unspecified atom stereocenters. The molecule has 0 aromatic heterocycles. The second-order valence-electron chi connectivity index (χ2n) is 9.70. The van der Waals surface area contributed by atoms with Gasteiger partial charge >= 0.3 is 0 Å². The Morgan fingerprint density at radius 1 is 0.800 bits per heavy atom. The molecule has 0 bridgehead atoms. The fraction of sp³-hybridized carbons (Fsp3) is 0.312. The average molecular weight is 467 g/mol. The highest BCUT2D eigenvalue weighted by Crippen LogP contribution is 2.53. The quantitative estimate of drug-likeness (QED) is 0.312. The predicted octanol–water partition coefficient (Wildman–Crippen LogP) is 8.32. The summed E-state index contributed by atoms with van der Waals surface area (Å²) in [5.74, 6) is 3.83. The number of benzene rings is 3. The van der Waals surface area contributed by atoms with Crippen LogP contribution >= 0.6 is 0 Å². The Kier molecular flexibility index (Phi) is 6.68. The van der Waals surface area contributed by atoms with Gasteiger partial charge in [-0.15, -0.1) is 0 Å². The van der Waals surface area contributed by atoms with Gasteiger partial charge in [-0.2, -0.15) is 0 Å². The lowest BCUT2D eigenvalue weighted by Crippen LogP contribution is -2.29. The van der Waals surface area contributed by atoms with Crippen LogP contribution in [-0.4, -0.2) is 13.2 Å². The Morgan fingerprint density at radius 2 is 1.34 bits per heavy atom. The molecular formula is C32H34O3. The van der Waals surface area contributed by atoms with Crippen LogP contribution in [-0.2, 0) is 5.41 Å². The fourth-order valence-electron chi connectivity index (χ4n) is 5.59. The van der Waals surface area contributed by atoms with E-state index in [1.807, 2.05) is 24.3 Å². The largest absolute Gasteiger partial charge is 0.489 e. The van der Waals surface area contributed by atoms with Gasteiger partial charge in [0.2, 0.25) is 0 Å². The first-order valence-electron chi connectivity index (χ1n) is 12.7. The maximum atomic E-state index is 6.44. The van der Waals surface area contributed by atoms with Crippen molar-refractivity contribution in [2.24, 2.45) is 0 Å². The Labute approximate surface area is 209 Å². The Bertz CT molecular complexity index is 1140. The highest BCUT2D eigenvalue weighted by molar-refractivity contribution is 5.64. The minimum Gasteiger partial charge on any atom is -0.489 e. The molecule has 1 aliphatic carbocycles. The third-order valence-electron chi connectivity index (χ3n) is 7.50. The summed E-state index contributed by atoms with van der Waals surface area (Å²) in [4.78, 5) is 0. The molecule has 5 rings (SSSR count). The maximum absolute atomic E-state index is 6.44. The number of ether oxygens (including phenoxy) is 3. The van der Waals surface area contributed by atoms with Crippen molar-refractivity contribution in [3.8, 4) is 23.0 Å². The molecule has 0 radical (unpaired) electrons. The molecule has 1 fully saturated rings. The van der Waals surface area contributed by atoms with Crippen LogP contribution in [0.1, 0.15) is 67.2 Å². The molecule has 3 aromatic rings. The number of rotatable bonds is 8. The first-order chi connectivity index (χ1) is 17.1. The van der Waals surface area contributed by atoms with E-state index in [1.165, 1.54) is 43.2 Å². The molecule has 0 amide bonds. The highest BCUT2D eigenvalue weighted by Gasteiger charge is 2.40. The van der Waals surface area contributed by atoms with Gasteiger partial charge in [0.05, 0.1) is 0 Å². The summed E-state index contributed by atoms with van der Waals surface area (Å²) >= 11 is 0. The van der Waals surface area contributed by atoms with Crippen molar-refractivity contribution in [1.82, 2.24) is 0 Å².